The number of fused-ring (bicyclic) bond motifs is 1. The molecule has 0 saturated carbocycles. The van der Waals surface area contributed by atoms with E-state index in [1.54, 1.807) is 16.8 Å². The van der Waals surface area contributed by atoms with Crippen LogP contribution in [0.2, 0.25) is 0 Å². The molecule has 1 aromatic carbocycles. The van der Waals surface area contributed by atoms with Crippen molar-refractivity contribution in [3.8, 4) is 5.69 Å². The summed E-state index contributed by atoms with van der Waals surface area (Å²) in [5.41, 5.74) is 2.98. The van der Waals surface area contributed by atoms with Gasteiger partial charge in [-0.25, -0.2) is 9.07 Å². The number of rotatable bonds is 5. The molecule has 1 aliphatic heterocycles. The molecule has 1 fully saturated rings. The predicted octanol–water partition coefficient (Wildman–Crippen LogP) is 4.69. The lowest BCUT2D eigenvalue weighted by molar-refractivity contribution is 0.0918. The fraction of sp³-hybridized carbons (Fsp3) is 0.391. The highest BCUT2D eigenvalue weighted by Gasteiger charge is 2.23. The molecule has 4 rings (SSSR count). The van der Waals surface area contributed by atoms with Crippen molar-refractivity contribution in [2.75, 3.05) is 19.6 Å². The lowest BCUT2D eigenvalue weighted by Gasteiger charge is -2.31. The van der Waals surface area contributed by atoms with Gasteiger partial charge in [-0.2, -0.15) is 5.10 Å². The van der Waals surface area contributed by atoms with Crippen LogP contribution in [0.15, 0.2) is 42.0 Å². The second-order valence-corrected chi connectivity index (χ2v) is 9.16. The SMILES string of the molecule is CC(C)=CCN1CCC(NC(=O)c2cc3c(C)nn(-c4ccc(F)cc4)c3s2)CC1. The molecular formula is C23H27FN4OS. The smallest absolute Gasteiger partial charge is 0.261 e. The zero-order chi connectivity index (χ0) is 21.3. The van der Waals surface area contributed by atoms with Gasteiger partial charge in [0.1, 0.15) is 10.6 Å². The van der Waals surface area contributed by atoms with Crippen molar-refractivity contribution in [1.82, 2.24) is 20.0 Å². The third-order valence-electron chi connectivity index (χ3n) is 5.52. The van der Waals surface area contributed by atoms with Crippen molar-refractivity contribution in [3.63, 3.8) is 0 Å². The summed E-state index contributed by atoms with van der Waals surface area (Å²) in [6.45, 7) is 9.15. The highest BCUT2D eigenvalue weighted by molar-refractivity contribution is 7.20. The van der Waals surface area contributed by atoms with Gasteiger partial charge in [0, 0.05) is 31.1 Å². The van der Waals surface area contributed by atoms with E-state index in [0.29, 0.717) is 4.88 Å². The van der Waals surface area contributed by atoms with Gasteiger partial charge in [-0.05, 0) is 63.9 Å². The number of benzene rings is 1. The second kappa shape index (κ2) is 8.70. The first-order valence-electron chi connectivity index (χ1n) is 10.3. The van der Waals surface area contributed by atoms with Crippen LogP contribution in [0.25, 0.3) is 15.9 Å². The van der Waals surface area contributed by atoms with E-state index in [1.807, 2.05) is 13.0 Å². The first-order valence-corrected chi connectivity index (χ1v) is 11.1. The Kier molecular flexibility index (Phi) is 6.01. The molecule has 0 aliphatic carbocycles. The van der Waals surface area contributed by atoms with Gasteiger partial charge in [-0.3, -0.25) is 9.69 Å². The molecule has 0 unspecified atom stereocenters. The molecule has 1 aliphatic rings. The van der Waals surface area contributed by atoms with Crippen LogP contribution < -0.4 is 5.32 Å². The topological polar surface area (TPSA) is 50.2 Å². The molecule has 3 heterocycles. The van der Waals surface area contributed by atoms with Crippen LogP contribution in [-0.2, 0) is 0 Å². The number of hydrogen-bond donors (Lipinski definition) is 1. The number of likely N-dealkylation sites (tertiary alicyclic amines) is 1. The van der Waals surface area contributed by atoms with E-state index in [-0.39, 0.29) is 17.8 Å². The van der Waals surface area contributed by atoms with Gasteiger partial charge in [-0.15, -0.1) is 11.3 Å². The van der Waals surface area contributed by atoms with Crippen molar-refractivity contribution in [3.05, 3.63) is 58.4 Å². The fourth-order valence-corrected chi connectivity index (χ4v) is 4.83. The average molecular weight is 427 g/mol. The molecule has 30 heavy (non-hydrogen) atoms. The van der Waals surface area contributed by atoms with Crippen LogP contribution in [0.3, 0.4) is 0 Å². The third kappa shape index (κ3) is 4.47. The molecule has 0 radical (unpaired) electrons. The molecule has 7 heteroatoms. The van der Waals surface area contributed by atoms with Crippen molar-refractivity contribution in [1.29, 1.82) is 0 Å². The van der Waals surface area contributed by atoms with Gasteiger partial charge in [0.2, 0.25) is 0 Å². The molecule has 1 saturated heterocycles. The standard InChI is InChI=1S/C23H27FN4OS/c1-15(2)8-11-27-12-9-18(10-13-27)25-22(29)21-14-20-16(3)26-28(23(20)30-21)19-6-4-17(24)5-7-19/h4-8,14,18H,9-13H2,1-3H3,(H,25,29). The normalized spacial score (nSPS) is 15.5. The Labute approximate surface area is 180 Å². The minimum atomic E-state index is -0.281. The van der Waals surface area contributed by atoms with Gasteiger partial charge in [0.15, 0.2) is 0 Å². The quantitative estimate of drug-likeness (QED) is 0.602. The number of hydrogen-bond acceptors (Lipinski definition) is 4. The minimum absolute atomic E-state index is 0.0241. The number of nitrogens with one attached hydrogen (secondary N) is 1. The Bertz CT molecular complexity index is 1070. The number of nitrogens with zero attached hydrogens (tertiary/aromatic N) is 3. The summed E-state index contributed by atoms with van der Waals surface area (Å²) in [4.78, 5) is 16.9. The molecule has 0 bridgehead atoms. The summed E-state index contributed by atoms with van der Waals surface area (Å²) in [6, 6.07) is 8.36. The first kappa shape index (κ1) is 20.8. The third-order valence-corrected chi connectivity index (χ3v) is 6.63. The number of carbonyl (C=O) groups excluding carboxylic acids is 1. The Morgan fingerprint density at radius 3 is 2.63 bits per heavy atom. The zero-order valence-corrected chi connectivity index (χ0v) is 18.4. The van der Waals surface area contributed by atoms with E-state index in [2.05, 4.69) is 35.2 Å². The molecule has 2 aromatic heterocycles. The van der Waals surface area contributed by atoms with Gasteiger partial charge < -0.3 is 5.32 Å². The molecule has 3 aromatic rings. The van der Waals surface area contributed by atoms with E-state index >= 15 is 0 Å². The Morgan fingerprint density at radius 1 is 1.27 bits per heavy atom. The molecule has 158 valence electrons. The van der Waals surface area contributed by atoms with Gasteiger partial charge in [0.25, 0.3) is 5.91 Å². The fourth-order valence-electron chi connectivity index (χ4n) is 3.74. The highest BCUT2D eigenvalue weighted by atomic mass is 32.1. The minimum Gasteiger partial charge on any atom is -0.349 e. The molecule has 1 N–H and O–H groups in total. The number of piperidine rings is 1. The maximum Gasteiger partial charge on any atom is 0.261 e. The lowest BCUT2D eigenvalue weighted by Crippen LogP contribution is -2.44. The molecule has 5 nitrogen and oxygen atoms in total. The summed E-state index contributed by atoms with van der Waals surface area (Å²) in [7, 11) is 0. The average Bonchev–Trinajstić information content (AvgIpc) is 3.29. The lowest BCUT2D eigenvalue weighted by atomic mass is 10.0. The van der Waals surface area contributed by atoms with Crippen LogP contribution in [0, 0.1) is 12.7 Å². The van der Waals surface area contributed by atoms with Gasteiger partial charge in [0.05, 0.1) is 16.3 Å². The number of aromatic nitrogens is 2. The largest absolute Gasteiger partial charge is 0.349 e. The summed E-state index contributed by atoms with van der Waals surface area (Å²) in [6.07, 6.45) is 4.19. The molecule has 0 atom stereocenters. The highest BCUT2D eigenvalue weighted by Crippen LogP contribution is 2.30. The number of halogens is 1. The first-order chi connectivity index (χ1) is 14.4. The number of allylic oxidation sites excluding steroid dienone is 1. The second-order valence-electron chi connectivity index (χ2n) is 8.13. The maximum atomic E-state index is 13.3. The monoisotopic (exact) mass is 426 g/mol. The van der Waals surface area contributed by atoms with Crippen molar-refractivity contribution in [2.45, 2.75) is 39.7 Å². The summed E-state index contributed by atoms with van der Waals surface area (Å²) in [5, 5.41) is 8.74. The van der Waals surface area contributed by atoms with Crippen LogP contribution in [0.5, 0.6) is 0 Å². The van der Waals surface area contributed by atoms with Crippen LogP contribution in [0.1, 0.15) is 42.1 Å². The van der Waals surface area contributed by atoms with E-state index in [4.69, 9.17) is 0 Å². The Morgan fingerprint density at radius 2 is 1.97 bits per heavy atom. The summed E-state index contributed by atoms with van der Waals surface area (Å²) < 4.78 is 15.1. The van der Waals surface area contributed by atoms with Crippen molar-refractivity contribution >= 4 is 27.5 Å². The Hall–Kier alpha value is -2.51. The Balaban J connectivity index is 1.45. The van der Waals surface area contributed by atoms with E-state index in [1.165, 1.54) is 29.0 Å². The molecular weight excluding hydrogens is 399 g/mol. The zero-order valence-electron chi connectivity index (χ0n) is 17.6. The van der Waals surface area contributed by atoms with E-state index < -0.39 is 0 Å². The number of thiophene rings is 1. The van der Waals surface area contributed by atoms with Crippen LogP contribution in [-0.4, -0.2) is 46.3 Å². The van der Waals surface area contributed by atoms with E-state index in [0.717, 1.165) is 54.1 Å². The van der Waals surface area contributed by atoms with Gasteiger partial charge in [-0.1, -0.05) is 11.6 Å². The summed E-state index contributed by atoms with van der Waals surface area (Å²) >= 11 is 1.43. The molecule has 0 spiro atoms. The number of amides is 1. The number of aryl methyl sites for hydroxylation is 1. The summed E-state index contributed by atoms with van der Waals surface area (Å²) in [5.74, 6) is -0.305. The predicted molar refractivity (Wildman–Crippen MR) is 120 cm³/mol. The maximum absolute atomic E-state index is 13.3. The van der Waals surface area contributed by atoms with Crippen LogP contribution >= 0.6 is 11.3 Å². The van der Waals surface area contributed by atoms with Gasteiger partial charge >= 0.3 is 0 Å². The van der Waals surface area contributed by atoms with Crippen molar-refractivity contribution < 1.29 is 9.18 Å². The molecule has 1 amide bonds. The van der Waals surface area contributed by atoms with Crippen LogP contribution in [0.4, 0.5) is 4.39 Å². The van der Waals surface area contributed by atoms with E-state index in [9.17, 15) is 9.18 Å². The number of carbonyl (C=O) groups is 1. The van der Waals surface area contributed by atoms with Crippen molar-refractivity contribution in [2.24, 2.45) is 0 Å².